The highest BCUT2D eigenvalue weighted by molar-refractivity contribution is 5.82. The number of non-ortho nitro benzene ring substituents is 1. The number of aliphatic hydroxyl groups excluding tert-OH is 3. The molecule has 4 rings (SSSR count). The quantitative estimate of drug-likeness (QED) is 0.297. The molecule has 158 valence electrons. The number of imidazole rings is 1. The SMILES string of the molecule is O=[N+]([O-])c1ccc(CONc2ncnc3c2ncn3C2OC(CO)C(O)C2O)cc1. The fraction of sp³-hybridized carbons (Fsp3) is 0.353. The molecule has 4 N–H and O–H groups in total. The molecule has 3 aromatic rings. The summed E-state index contributed by atoms with van der Waals surface area (Å²) in [5.41, 5.74) is 4.01. The van der Waals surface area contributed by atoms with Crippen LogP contribution in [-0.2, 0) is 16.2 Å². The van der Waals surface area contributed by atoms with Gasteiger partial charge in [-0.05, 0) is 17.7 Å². The molecule has 0 amide bonds. The van der Waals surface area contributed by atoms with Crippen LogP contribution in [0.25, 0.3) is 11.2 Å². The van der Waals surface area contributed by atoms with Crippen molar-refractivity contribution in [2.45, 2.75) is 31.1 Å². The highest BCUT2D eigenvalue weighted by atomic mass is 16.6. The van der Waals surface area contributed by atoms with Crippen molar-refractivity contribution >= 4 is 22.7 Å². The minimum absolute atomic E-state index is 0.0142. The Balaban J connectivity index is 1.48. The molecule has 13 nitrogen and oxygen atoms in total. The van der Waals surface area contributed by atoms with Crippen LogP contribution in [0.4, 0.5) is 11.5 Å². The maximum absolute atomic E-state index is 10.7. The summed E-state index contributed by atoms with van der Waals surface area (Å²) in [6.45, 7) is -0.335. The third-order valence-electron chi connectivity index (χ3n) is 4.70. The topological polar surface area (TPSA) is 178 Å². The summed E-state index contributed by atoms with van der Waals surface area (Å²) < 4.78 is 6.94. The number of nitro groups is 1. The van der Waals surface area contributed by atoms with Crippen molar-refractivity contribution in [2.75, 3.05) is 12.1 Å². The molecule has 0 radical (unpaired) electrons. The smallest absolute Gasteiger partial charge is 0.269 e. The zero-order valence-electron chi connectivity index (χ0n) is 15.4. The maximum atomic E-state index is 10.7. The Hall–Kier alpha value is -3.23. The van der Waals surface area contributed by atoms with Crippen LogP contribution in [0.2, 0.25) is 0 Å². The standard InChI is InChI=1S/C17H18N6O7/c24-5-11-13(25)14(26)17(30-11)22-8-20-12-15(18-7-19-16(12)22)21-29-6-9-1-3-10(4-2-9)23(27)28/h1-4,7-8,11,13-14,17,24-26H,5-6H2,(H,18,19,21). The number of rotatable bonds is 7. The van der Waals surface area contributed by atoms with Crippen LogP contribution in [-0.4, -0.2) is 64.7 Å². The first-order chi connectivity index (χ1) is 14.5. The third-order valence-corrected chi connectivity index (χ3v) is 4.70. The molecule has 0 aliphatic carbocycles. The summed E-state index contributed by atoms with van der Waals surface area (Å²) >= 11 is 0. The second-order valence-corrected chi connectivity index (χ2v) is 6.59. The van der Waals surface area contributed by atoms with Gasteiger partial charge in [-0.15, -0.1) is 0 Å². The van der Waals surface area contributed by atoms with Crippen LogP contribution < -0.4 is 5.48 Å². The average molecular weight is 418 g/mol. The van der Waals surface area contributed by atoms with Crippen molar-refractivity contribution in [3.8, 4) is 0 Å². The van der Waals surface area contributed by atoms with E-state index in [4.69, 9.17) is 9.57 Å². The van der Waals surface area contributed by atoms with Crippen LogP contribution >= 0.6 is 0 Å². The Morgan fingerprint density at radius 1 is 1.20 bits per heavy atom. The van der Waals surface area contributed by atoms with Crippen LogP contribution in [0.5, 0.6) is 0 Å². The van der Waals surface area contributed by atoms with E-state index in [0.29, 0.717) is 16.7 Å². The summed E-state index contributed by atoms with van der Waals surface area (Å²) in [7, 11) is 0. The third kappa shape index (κ3) is 3.67. The number of aliphatic hydroxyl groups is 3. The molecule has 1 saturated heterocycles. The van der Waals surface area contributed by atoms with Gasteiger partial charge in [-0.1, -0.05) is 0 Å². The lowest BCUT2D eigenvalue weighted by Gasteiger charge is -2.16. The first-order valence-electron chi connectivity index (χ1n) is 8.90. The molecule has 1 aliphatic heterocycles. The Bertz CT molecular complexity index is 1040. The van der Waals surface area contributed by atoms with Crippen LogP contribution in [0.1, 0.15) is 11.8 Å². The Morgan fingerprint density at radius 2 is 1.97 bits per heavy atom. The van der Waals surface area contributed by atoms with Crippen molar-refractivity contribution in [1.29, 1.82) is 0 Å². The number of hydrogen-bond acceptors (Lipinski definition) is 11. The fourth-order valence-corrected chi connectivity index (χ4v) is 3.12. The van der Waals surface area contributed by atoms with Gasteiger partial charge in [0.15, 0.2) is 23.2 Å². The number of nitrogens with one attached hydrogen (secondary N) is 1. The van der Waals surface area contributed by atoms with Gasteiger partial charge in [0.25, 0.3) is 5.69 Å². The number of aromatic nitrogens is 4. The van der Waals surface area contributed by atoms with E-state index in [2.05, 4.69) is 20.4 Å². The number of nitrogens with zero attached hydrogens (tertiary/aromatic N) is 5. The number of benzene rings is 1. The number of ether oxygens (including phenoxy) is 1. The molecule has 1 aromatic carbocycles. The van der Waals surface area contributed by atoms with Gasteiger partial charge >= 0.3 is 0 Å². The molecule has 0 saturated carbocycles. The maximum Gasteiger partial charge on any atom is 0.269 e. The van der Waals surface area contributed by atoms with Crippen molar-refractivity contribution in [3.05, 3.63) is 52.6 Å². The molecule has 4 atom stereocenters. The zero-order valence-corrected chi connectivity index (χ0v) is 15.4. The van der Waals surface area contributed by atoms with E-state index in [9.17, 15) is 25.4 Å². The summed E-state index contributed by atoms with van der Waals surface area (Å²) in [6, 6.07) is 5.91. The second-order valence-electron chi connectivity index (χ2n) is 6.59. The Kier molecular flexibility index (Phi) is 5.52. The molecule has 30 heavy (non-hydrogen) atoms. The summed E-state index contributed by atoms with van der Waals surface area (Å²) in [5.74, 6) is 0.257. The van der Waals surface area contributed by atoms with Crippen LogP contribution in [0.3, 0.4) is 0 Å². The van der Waals surface area contributed by atoms with Gasteiger partial charge in [-0.3, -0.25) is 19.5 Å². The molecular formula is C17H18N6O7. The molecule has 0 bridgehead atoms. The summed E-state index contributed by atoms with van der Waals surface area (Å²) in [4.78, 5) is 28.1. The van der Waals surface area contributed by atoms with Gasteiger partial charge in [0, 0.05) is 12.1 Å². The molecule has 0 spiro atoms. The van der Waals surface area contributed by atoms with Gasteiger partial charge in [0.05, 0.1) is 24.5 Å². The van der Waals surface area contributed by atoms with Crippen LogP contribution in [0, 0.1) is 10.1 Å². The minimum Gasteiger partial charge on any atom is -0.394 e. The monoisotopic (exact) mass is 418 g/mol. The number of fused-ring (bicyclic) bond motifs is 1. The normalized spacial score (nSPS) is 23.7. The van der Waals surface area contributed by atoms with Crippen molar-refractivity contribution in [3.63, 3.8) is 0 Å². The summed E-state index contributed by atoms with van der Waals surface area (Å²) in [5, 5.41) is 40.1. The van der Waals surface area contributed by atoms with E-state index in [1.165, 1.54) is 29.4 Å². The highest BCUT2D eigenvalue weighted by Crippen LogP contribution is 2.32. The summed E-state index contributed by atoms with van der Waals surface area (Å²) in [6.07, 6.45) is -1.79. The molecular weight excluding hydrogens is 400 g/mol. The van der Waals surface area contributed by atoms with E-state index < -0.39 is 36.1 Å². The predicted molar refractivity (Wildman–Crippen MR) is 99.8 cm³/mol. The molecule has 3 heterocycles. The van der Waals surface area contributed by atoms with Crippen molar-refractivity contribution in [1.82, 2.24) is 19.5 Å². The van der Waals surface area contributed by atoms with Crippen molar-refractivity contribution in [2.24, 2.45) is 0 Å². The lowest BCUT2D eigenvalue weighted by molar-refractivity contribution is -0.384. The number of hydrogen-bond donors (Lipinski definition) is 4. The number of nitro benzene ring substituents is 1. The van der Waals surface area contributed by atoms with Gasteiger partial charge in [-0.25, -0.2) is 20.4 Å². The highest BCUT2D eigenvalue weighted by Gasteiger charge is 2.44. The lowest BCUT2D eigenvalue weighted by Crippen LogP contribution is -2.33. The van der Waals surface area contributed by atoms with Gasteiger partial charge in [-0.2, -0.15) is 0 Å². The molecule has 4 unspecified atom stereocenters. The zero-order chi connectivity index (χ0) is 21.3. The minimum atomic E-state index is -1.27. The molecule has 13 heteroatoms. The van der Waals surface area contributed by atoms with Gasteiger partial charge < -0.3 is 20.1 Å². The fourth-order valence-electron chi connectivity index (χ4n) is 3.12. The van der Waals surface area contributed by atoms with E-state index in [1.54, 1.807) is 12.1 Å². The first kappa shape index (κ1) is 20.1. The predicted octanol–water partition coefficient (Wildman–Crippen LogP) is -0.110. The van der Waals surface area contributed by atoms with E-state index in [0.717, 1.165) is 0 Å². The molecule has 1 fully saturated rings. The average Bonchev–Trinajstić information content (AvgIpc) is 3.30. The lowest BCUT2D eigenvalue weighted by atomic mass is 10.1. The largest absolute Gasteiger partial charge is 0.394 e. The van der Waals surface area contributed by atoms with E-state index in [-0.39, 0.29) is 18.1 Å². The van der Waals surface area contributed by atoms with Crippen molar-refractivity contribution < 1.29 is 29.8 Å². The number of anilines is 1. The van der Waals surface area contributed by atoms with Gasteiger partial charge in [0.1, 0.15) is 24.6 Å². The van der Waals surface area contributed by atoms with Gasteiger partial charge in [0.2, 0.25) is 0 Å². The molecule has 1 aliphatic rings. The second kappa shape index (κ2) is 8.25. The first-order valence-corrected chi connectivity index (χ1v) is 8.90. The molecule has 2 aromatic heterocycles. The van der Waals surface area contributed by atoms with Crippen LogP contribution in [0.15, 0.2) is 36.9 Å². The Labute approximate surface area is 168 Å². The van der Waals surface area contributed by atoms with E-state index in [1.807, 2.05) is 0 Å². The van der Waals surface area contributed by atoms with E-state index >= 15 is 0 Å². The Morgan fingerprint density at radius 3 is 2.63 bits per heavy atom.